The van der Waals surface area contributed by atoms with Crippen LogP contribution >= 0.6 is 0 Å². The highest BCUT2D eigenvalue weighted by atomic mass is 16.6. The molecule has 39 heavy (non-hydrogen) atoms. The zero-order valence-electron chi connectivity index (χ0n) is 24.9. The SMILES string of the molecule is CCC(C)C(=O)OC.CCC(C)C(=O)OC12CC3C4CC5(O)CC3C(C1)C(C5)C4C2.N#CC1CC2CCC1C2. The van der Waals surface area contributed by atoms with Crippen molar-refractivity contribution in [3.8, 4) is 6.07 Å². The number of carbonyl (C=O) groups excluding carboxylic acids is 2. The van der Waals surface area contributed by atoms with E-state index < -0.39 is 0 Å². The fourth-order valence-electron chi connectivity index (χ4n) is 10.2. The number of fused-ring (bicyclic) bond motifs is 2. The van der Waals surface area contributed by atoms with Crippen molar-refractivity contribution in [3.05, 3.63) is 0 Å². The van der Waals surface area contributed by atoms with Crippen molar-refractivity contribution in [3.63, 3.8) is 0 Å². The van der Waals surface area contributed by atoms with E-state index in [-0.39, 0.29) is 35.0 Å². The smallest absolute Gasteiger partial charge is 0.309 e. The molecule has 0 spiro atoms. The molecule has 5 atom stereocenters. The summed E-state index contributed by atoms with van der Waals surface area (Å²) in [6, 6.07) is 2.40. The third kappa shape index (κ3) is 5.27. The van der Waals surface area contributed by atoms with Crippen LogP contribution in [0.4, 0.5) is 0 Å². The number of carbonyl (C=O) groups is 2. The van der Waals surface area contributed by atoms with Gasteiger partial charge < -0.3 is 14.6 Å². The Morgan fingerprint density at radius 3 is 1.67 bits per heavy atom. The molecule has 9 aliphatic carbocycles. The molecule has 0 aromatic rings. The summed E-state index contributed by atoms with van der Waals surface area (Å²) >= 11 is 0. The Balaban J connectivity index is 0.000000150. The normalized spacial score (nSPS) is 46.3. The van der Waals surface area contributed by atoms with Gasteiger partial charge in [-0.15, -0.1) is 0 Å². The van der Waals surface area contributed by atoms with E-state index in [1.165, 1.54) is 32.8 Å². The van der Waals surface area contributed by atoms with Crippen LogP contribution in [0.5, 0.6) is 0 Å². The molecule has 0 aromatic heterocycles. The van der Waals surface area contributed by atoms with E-state index in [2.05, 4.69) is 17.7 Å². The molecule has 0 amide bonds. The van der Waals surface area contributed by atoms with Crippen LogP contribution in [0.25, 0.3) is 0 Å². The molecule has 0 radical (unpaired) electrons. The Morgan fingerprint density at radius 1 is 0.846 bits per heavy atom. The van der Waals surface area contributed by atoms with E-state index in [4.69, 9.17) is 10.00 Å². The van der Waals surface area contributed by atoms with Crippen molar-refractivity contribution >= 4 is 11.9 Å². The molecular weight excluding hydrogens is 490 g/mol. The van der Waals surface area contributed by atoms with E-state index in [0.717, 1.165) is 98.7 Å². The fraction of sp³-hybridized carbons (Fsp3) is 0.909. The first kappa shape index (κ1) is 28.9. The molecule has 1 N–H and O–H groups in total. The van der Waals surface area contributed by atoms with E-state index in [1.54, 1.807) is 0 Å². The summed E-state index contributed by atoms with van der Waals surface area (Å²) in [6.07, 6.45) is 13.4. The van der Waals surface area contributed by atoms with Gasteiger partial charge in [-0.25, -0.2) is 0 Å². The maximum absolute atomic E-state index is 12.4. The van der Waals surface area contributed by atoms with Crippen molar-refractivity contribution in [2.75, 3.05) is 7.11 Å². The molecule has 9 saturated carbocycles. The first-order chi connectivity index (χ1) is 18.6. The number of nitrogens with zero attached hydrogens (tertiary/aromatic N) is 1. The standard InChI is InChI=1S/C19H28O3.C8H11N.C6H12O2/c1-3-10(2)17(20)22-19-7-14-11-4-18(21)5-12(14)16(9-19)13(6-18)15(11)8-19;9-5-8-4-6-1-2-7(8)3-6;1-4-5(2)6(7)8-3/h10-16,21H,3-9H2,1-2H3;6-8H,1-4H2;5H,4H2,1-3H3. The van der Waals surface area contributed by atoms with Crippen LogP contribution in [0.1, 0.15) is 105 Å². The minimum atomic E-state index is -0.339. The summed E-state index contributed by atoms with van der Waals surface area (Å²) in [7, 11) is 1.41. The van der Waals surface area contributed by atoms with E-state index >= 15 is 0 Å². The maximum Gasteiger partial charge on any atom is 0.309 e. The maximum atomic E-state index is 12.4. The van der Waals surface area contributed by atoms with Crippen LogP contribution in [0.3, 0.4) is 0 Å². The molecule has 218 valence electrons. The molecular formula is C33H51NO5. The molecule has 6 nitrogen and oxygen atoms in total. The van der Waals surface area contributed by atoms with E-state index in [0.29, 0.717) is 5.92 Å². The summed E-state index contributed by atoms with van der Waals surface area (Å²) in [4.78, 5) is 22.9. The summed E-state index contributed by atoms with van der Waals surface area (Å²) in [5, 5.41) is 19.5. The molecule has 10 bridgehead atoms. The van der Waals surface area contributed by atoms with Crippen molar-refractivity contribution in [1.82, 2.24) is 0 Å². The highest BCUT2D eigenvalue weighted by molar-refractivity contribution is 5.72. The van der Waals surface area contributed by atoms with Crippen LogP contribution in [0, 0.1) is 76.4 Å². The van der Waals surface area contributed by atoms with Gasteiger partial charge in [0.1, 0.15) is 5.60 Å². The molecule has 9 fully saturated rings. The Hall–Kier alpha value is -1.61. The van der Waals surface area contributed by atoms with Crippen LogP contribution < -0.4 is 0 Å². The number of methoxy groups -OCH3 is 1. The Labute approximate surface area is 235 Å². The van der Waals surface area contributed by atoms with Gasteiger partial charge in [0.2, 0.25) is 0 Å². The average Bonchev–Trinajstić information content (AvgIpc) is 3.58. The van der Waals surface area contributed by atoms with Crippen LogP contribution in [0.15, 0.2) is 0 Å². The van der Waals surface area contributed by atoms with Gasteiger partial charge in [-0.2, -0.15) is 5.26 Å². The lowest BCUT2D eigenvalue weighted by Crippen LogP contribution is -2.71. The monoisotopic (exact) mass is 541 g/mol. The lowest BCUT2D eigenvalue weighted by molar-refractivity contribution is -0.294. The zero-order chi connectivity index (χ0) is 28.1. The lowest BCUT2D eigenvalue weighted by Gasteiger charge is -2.73. The van der Waals surface area contributed by atoms with Gasteiger partial charge in [0.25, 0.3) is 0 Å². The Kier molecular flexibility index (Phi) is 8.15. The predicted octanol–water partition coefficient (Wildman–Crippen LogP) is 6.30. The second-order valence-electron chi connectivity index (χ2n) is 14.6. The minimum Gasteiger partial charge on any atom is -0.469 e. The zero-order valence-corrected chi connectivity index (χ0v) is 24.9. The molecule has 0 heterocycles. The number of rotatable bonds is 5. The third-order valence-electron chi connectivity index (χ3n) is 12.4. The van der Waals surface area contributed by atoms with E-state index in [9.17, 15) is 14.7 Å². The molecule has 0 aromatic carbocycles. The molecule has 0 saturated heterocycles. The van der Waals surface area contributed by atoms with Crippen LogP contribution in [-0.4, -0.2) is 35.4 Å². The second-order valence-corrected chi connectivity index (χ2v) is 14.6. The molecule has 5 unspecified atom stereocenters. The number of hydrogen-bond donors (Lipinski definition) is 1. The predicted molar refractivity (Wildman–Crippen MR) is 148 cm³/mol. The quantitative estimate of drug-likeness (QED) is 0.410. The Bertz CT molecular complexity index is 907. The summed E-state index contributed by atoms with van der Waals surface area (Å²) in [6.45, 7) is 7.86. The number of ether oxygens (including phenoxy) is 2. The lowest BCUT2D eigenvalue weighted by atomic mass is 9.34. The van der Waals surface area contributed by atoms with Gasteiger partial charge in [0.05, 0.1) is 30.6 Å². The van der Waals surface area contributed by atoms with Gasteiger partial charge in [-0.1, -0.05) is 34.1 Å². The molecule has 0 aliphatic heterocycles. The van der Waals surface area contributed by atoms with Gasteiger partial charge in [0.15, 0.2) is 0 Å². The Morgan fingerprint density at radius 2 is 1.33 bits per heavy atom. The number of aliphatic hydroxyl groups is 1. The van der Waals surface area contributed by atoms with E-state index in [1.807, 2.05) is 20.8 Å². The minimum absolute atomic E-state index is 0.0275. The summed E-state index contributed by atoms with van der Waals surface area (Å²) < 4.78 is 10.6. The molecule has 9 rings (SSSR count). The summed E-state index contributed by atoms with van der Waals surface area (Å²) in [5.74, 6) is 6.47. The van der Waals surface area contributed by atoms with Gasteiger partial charge in [-0.3, -0.25) is 9.59 Å². The average molecular weight is 542 g/mol. The van der Waals surface area contributed by atoms with Crippen molar-refractivity contribution in [2.24, 2.45) is 65.1 Å². The second kappa shape index (κ2) is 11.0. The van der Waals surface area contributed by atoms with Crippen molar-refractivity contribution in [2.45, 2.75) is 116 Å². The first-order valence-corrected chi connectivity index (χ1v) is 16.0. The van der Waals surface area contributed by atoms with Gasteiger partial charge in [-0.05, 0) is 118 Å². The highest BCUT2D eigenvalue weighted by Crippen LogP contribution is 2.73. The first-order valence-electron chi connectivity index (χ1n) is 16.0. The number of esters is 2. The van der Waals surface area contributed by atoms with Gasteiger partial charge in [0, 0.05) is 5.92 Å². The molecule has 6 heteroatoms. The summed E-state index contributed by atoms with van der Waals surface area (Å²) in [5.41, 5.74) is -0.481. The van der Waals surface area contributed by atoms with Gasteiger partial charge >= 0.3 is 11.9 Å². The molecule has 9 aliphatic rings. The van der Waals surface area contributed by atoms with Crippen molar-refractivity contribution < 1.29 is 24.2 Å². The number of nitriles is 1. The van der Waals surface area contributed by atoms with Crippen molar-refractivity contribution in [1.29, 1.82) is 5.26 Å². The topological polar surface area (TPSA) is 96.6 Å². The van der Waals surface area contributed by atoms with Crippen LogP contribution in [-0.2, 0) is 19.1 Å². The highest BCUT2D eigenvalue weighted by Gasteiger charge is 2.71. The third-order valence-corrected chi connectivity index (χ3v) is 12.4. The van der Waals surface area contributed by atoms with Crippen LogP contribution in [0.2, 0.25) is 0 Å². The largest absolute Gasteiger partial charge is 0.469 e. The fourth-order valence-corrected chi connectivity index (χ4v) is 10.2. The number of hydrogen-bond acceptors (Lipinski definition) is 6.